The third-order valence-corrected chi connectivity index (χ3v) is 7.81. The van der Waals surface area contributed by atoms with Crippen molar-refractivity contribution in [3.8, 4) is 0 Å². The van der Waals surface area contributed by atoms with Gasteiger partial charge in [0.15, 0.2) is 0 Å². The maximum atomic E-state index is 12.9. The lowest BCUT2D eigenvalue weighted by molar-refractivity contribution is -0.132. The van der Waals surface area contributed by atoms with Crippen LogP contribution in [0, 0.1) is 5.92 Å². The van der Waals surface area contributed by atoms with Crippen LogP contribution in [0.1, 0.15) is 51.9 Å². The Balaban J connectivity index is 1.51. The molecule has 0 aromatic heterocycles. The number of hydrogen-bond donors (Lipinski definition) is 1. The minimum Gasteiger partial charge on any atom is -0.340 e. The number of hydrogen-bond acceptors (Lipinski definition) is 4. The fourth-order valence-corrected chi connectivity index (χ4v) is 5.62. The van der Waals surface area contributed by atoms with Crippen LogP contribution in [0.2, 0.25) is 0 Å². The number of piperazine rings is 1. The fourth-order valence-electron chi connectivity index (χ4n) is 4.20. The number of carbonyl (C=O) groups excluding carboxylic acids is 2. The van der Waals surface area contributed by atoms with E-state index in [4.69, 9.17) is 0 Å². The summed E-state index contributed by atoms with van der Waals surface area (Å²) in [5.41, 5.74) is 0.560. The van der Waals surface area contributed by atoms with E-state index < -0.39 is 10.0 Å². The maximum absolute atomic E-state index is 12.9. The minimum atomic E-state index is -3.60. The quantitative estimate of drug-likeness (QED) is 0.765. The Morgan fingerprint density at radius 2 is 1.62 bits per heavy atom. The Morgan fingerprint density at radius 1 is 1.00 bits per heavy atom. The molecule has 1 saturated carbocycles. The van der Waals surface area contributed by atoms with Crippen molar-refractivity contribution >= 4 is 27.5 Å². The van der Waals surface area contributed by atoms with Crippen LogP contribution >= 0.6 is 0 Å². The van der Waals surface area contributed by atoms with E-state index >= 15 is 0 Å². The summed E-state index contributed by atoms with van der Waals surface area (Å²) in [5, 5.41) is 2.63. The predicted molar refractivity (Wildman–Crippen MR) is 112 cm³/mol. The number of amides is 2. The Hall–Kier alpha value is -1.93. The maximum Gasteiger partial charge on any atom is 0.243 e. The molecule has 1 heterocycles. The molecule has 1 aliphatic carbocycles. The van der Waals surface area contributed by atoms with Crippen molar-refractivity contribution in [2.45, 2.75) is 56.8 Å². The number of nitrogens with zero attached hydrogens (tertiary/aromatic N) is 2. The molecule has 0 bridgehead atoms. The molecule has 2 fully saturated rings. The van der Waals surface area contributed by atoms with Gasteiger partial charge in [-0.05, 0) is 36.6 Å². The lowest BCUT2D eigenvalue weighted by Gasteiger charge is -2.34. The van der Waals surface area contributed by atoms with Crippen molar-refractivity contribution in [3.63, 3.8) is 0 Å². The van der Waals surface area contributed by atoms with Gasteiger partial charge in [0, 0.05) is 45.2 Å². The highest BCUT2D eigenvalue weighted by Gasteiger charge is 2.30. The van der Waals surface area contributed by atoms with Crippen molar-refractivity contribution < 1.29 is 18.0 Å². The van der Waals surface area contributed by atoms with Gasteiger partial charge >= 0.3 is 0 Å². The van der Waals surface area contributed by atoms with E-state index in [1.807, 2.05) is 0 Å². The van der Waals surface area contributed by atoms with Gasteiger partial charge in [-0.2, -0.15) is 4.31 Å². The first-order valence-corrected chi connectivity index (χ1v) is 12.0. The number of rotatable bonds is 6. The van der Waals surface area contributed by atoms with Gasteiger partial charge in [-0.3, -0.25) is 9.59 Å². The molecule has 0 atom stereocenters. The van der Waals surface area contributed by atoms with Gasteiger partial charge < -0.3 is 10.2 Å². The fraction of sp³-hybridized carbons (Fsp3) is 0.619. The number of carbonyl (C=O) groups is 2. The smallest absolute Gasteiger partial charge is 0.243 e. The van der Waals surface area contributed by atoms with Crippen molar-refractivity contribution in [2.75, 3.05) is 31.5 Å². The van der Waals surface area contributed by atoms with E-state index in [1.165, 1.54) is 55.5 Å². The molecule has 7 nitrogen and oxygen atoms in total. The van der Waals surface area contributed by atoms with Crippen LogP contribution in [0.3, 0.4) is 0 Å². The van der Waals surface area contributed by atoms with Gasteiger partial charge in [-0.15, -0.1) is 0 Å². The van der Waals surface area contributed by atoms with E-state index in [9.17, 15) is 18.0 Å². The SMILES string of the molecule is CC(=O)Nc1ccc(S(=O)(=O)N2CCN(C(=O)CCC3CCCCC3)CC2)cc1. The molecule has 1 aromatic rings. The lowest BCUT2D eigenvalue weighted by atomic mass is 9.86. The number of sulfonamides is 1. The molecule has 0 spiro atoms. The zero-order valence-electron chi connectivity index (χ0n) is 17.1. The van der Waals surface area contributed by atoms with Gasteiger partial charge in [0.1, 0.15) is 0 Å². The summed E-state index contributed by atoms with van der Waals surface area (Å²) in [6, 6.07) is 6.17. The third-order valence-electron chi connectivity index (χ3n) is 5.90. The van der Waals surface area contributed by atoms with Gasteiger partial charge in [-0.25, -0.2) is 8.42 Å². The van der Waals surface area contributed by atoms with Crippen LogP contribution in [0.5, 0.6) is 0 Å². The highest BCUT2D eigenvalue weighted by Crippen LogP contribution is 2.27. The molecule has 29 heavy (non-hydrogen) atoms. The first-order chi connectivity index (χ1) is 13.9. The molecule has 1 N–H and O–H groups in total. The molecule has 2 aliphatic rings. The molecule has 160 valence electrons. The van der Waals surface area contributed by atoms with Crippen LogP contribution in [-0.4, -0.2) is 55.6 Å². The molecular formula is C21H31N3O4S. The van der Waals surface area contributed by atoms with Gasteiger partial charge in [0.25, 0.3) is 0 Å². The van der Waals surface area contributed by atoms with Crippen LogP contribution in [0.4, 0.5) is 5.69 Å². The monoisotopic (exact) mass is 421 g/mol. The van der Waals surface area contributed by atoms with Gasteiger partial charge in [0.2, 0.25) is 21.8 Å². The Bertz CT molecular complexity index is 809. The summed E-state index contributed by atoms with van der Waals surface area (Å²) in [5.74, 6) is 0.618. The van der Waals surface area contributed by atoms with Crippen molar-refractivity contribution in [1.82, 2.24) is 9.21 Å². The largest absolute Gasteiger partial charge is 0.340 e. The van der Waals surface area contributed by atoms with Crippen LogP contribution in [-0.2, 0) is 19.6 Å². The second-order valence-electron chi connectivity index (χ2n) is 8.03. The molecule has 1 aliphatic heterocycles. The lowest BCUT2D eigenvalue weighted by Crippen LogP contribution is -2.50. The molecule has 1 aromatic carbocycles. The minimum absolute atomic E-state index is 0.146. The van der Waals surface area contributed by atoms with Gasteiger partial charge in [-0.1, -0.05) is 32.1 Å². The average molecular weight is 422 g/mol. The van der Waals surface area contributed by atoms with Crippen LogP contribution in [0.25, 0.3) is 0 Å². The Labute approximate surface area is 173 Å². The summed E-state index contributed by atoms with van der Waals surface area (Å²) in [6.45, 7) is 2.90. The molecular weight excluding hydrogens is 390 g/mol. The van der Waals surface area contributed by atoms with Crippen LogP contribution in [0.15, 0.2) is 29.2 Å². The summed E-state index contributed by atoms with van der Waals surface area (Å²) in [4.78, 5) is 25.6. The molecule has 2 amide bonds. The van der Waals surface area contributed by atoms with Crippen molar-refractivity contribution in [1.29, 1.82) is 0 Å². The number of nitrogens with one attached hydrogen (secondary N) is 1. The summed E-state index contributed by atoms with van der Waals surface area (Å²) < 4.78 is 27.2. The predicted octanol–water partition coefficient (Wildman–Crippen LogP) is 2.84. The molecule has 0 radical (unpaired) electrons. The summed E-state index contributed by atoms with van der Waals surface area (Å²) >= 11 is 0. The number of anilines is 1. The summed E-state index contributed by atoms with van der Waals surface area (Å²) in [6.07, 6.45) is 7.87. The zero-order valence-corrected chi connectivity index (χ0v) is 17.9. The first-order valence-electron chi connectivity index (χ1n) is 10.5. The second-order valence-corrected chi connectivity index (χ2v) is 9.97. The van der Waals surface area contributed by atoms with Crippen LogP contribution < -0.4 is 5.32 Å². The molecule has 0 unspecified atom stereocenters. The van der Waals surface area contributed by atoms with Crippen molar-refractivity contribution in [3.05, 3.63) is 24.3 Å². The average Bonchev–Trinajstić information content (AvgIpc) is 2.73. The van der Waals surface area contributed by atoms with E-state index in [0.29, 0.717) is 44.2 Å². The topological polar surface area (TPSA) is 86.8 Å². The second kappa shape index (κ2) is 9.71. The first kappa shape index (κ1) is 21.8. The standard InChI is InChI=1S/C21H31N3O4S/c1-17(25)22-19-8-10-20(11-9-19)29(27,28)24-15-13-23(14-16-24)21(26)12-7-18-5-3-2-4-6-18/h8-11,18H,2-7,12-16H2,1H3,(H,22,25). The normalized spacial score (nSPS) is 19.1. The van der Waals surface area contributed by atoms with E-state index in [1.54, 1.807) is 17.0 Å². The highest BCUT2D eigenvalue weighted by molar-refractivity contribution is 7.89. The molecule has 3 rings (SSSR count). The number of benzene rings is 1. The Morgan fingerprint density at radius 3 is 2.21 bits per heavy atom. The molecule has 8 heteroatoms. The van der Waals surface area contributed by atoms with Gasteiger partial charge in [0.05, 0.1) is 4.90 Å². The Kier molecular flexibility index (Phi) is 7.29. The third kappa shape index (κ3) is 5.79. The molecule has 1 saturated heterocycles. The van der Waals surface area contributed by atoms with E-state index in [-0.39, 0.29) is 16.7 Å². The van der Waals surface area contributed by atoms with Crippen molar-refractivity contribution in [2.24, 2.45) is 5.92 Å². The summed E-state index contributed by atoms with van der Waals surface area (Å²) in [7, 11) is -3.60. The zero-order chi connectivity index (χ0) is 20.9. The van der Waals surface area contributed by atoms with E-state index in [2.05, 4.69) is 5.32 Å². The van der Waals surface area contributed by atoms with E-state index in [0.717, 1.165) is 6.42 Å². The highest BCUT2D eigenvalue weighted by atomic mass is 32.2.